The van der Waals surface area contributed by atoms with E-state index >= 15 is 0 Å². The third-order valence-corrected chi connectivity index (χ3v) is 2.84. The van der Waals surface area contributed by atoms with Crippen LogP contribution in [0.2, 0.25) is 0 Å². The van der Waals surface area contributed by atoms with Crippen molar-refractivity contribution in [2.45, 2.75) is 4.90 Å². The van der Waals surface area contributed by atoms with Crippen LogP contribution in [0.4, 0.5) is 0 Å². The highest BCUT2D eigenvalue weighted by Gasteiger charge is 2.06. The fourth-order valence-corrected chi connectivity index (χ4v) is 1.99. The van der Waals surface area contributed by atoms with Crippen LogP contribution in [0.5, 0.6) is 0 Å². The van der Waals surface area contributed by atoms with Gasteiger partial charge in [-0.15, -0.1) is 25.0 Å². The van der Waals surface area contributed by atoms with Gasteiger partial charge in [-0.05, 0) is 30.3 Å². The van der Waals surface area contributed by atoms with Gasteiger partial charge < -0.3 is 4.42 Å². The Hall–Kier alpha value is -1.45. The molecular formula is C13H9ClO2S. The Morgan fingerprint density at radius 3 is 2.47 bits per heavy atom. The molecule has 4 heteroatoms. The lowest BCUT2D eigenvalue weighted by Crippen LogP contribution is -2.01. The van der Waals surface area contributed by atoms with E-state index in [9.17, 15) is 4.79 Å². The second kappa shape index (κ2) is 4.43. The molecule has 0 unspecified atom stereocenters. The van der Waals surface area contributed by atoms with Crippen LogP contribution in [0.15, 0.2) is 56.6 Å². The average molecular weight is 265 g/mol. The molecule has 0 aliphatic rings. The highest BCUT2D eigenvalue weighted by Crippen LogP contribution is 2.20. The monoisotopic (exact) mass is 264 g/mol. The van der Waals surface area contributed by atoms with Gasteiger partial charge in [0.1, 0.15) is 11.2 Å². The summed E-state index contributed by atoms with van der Waals surface area (Å²) < 4.78 is 5.65. The number of para-hydroxylation sites is 1. The molecule has 0 atom stereocenters. The summed E-state index contributed by atoms with van der Waals surface area (Å²) in [6, 6.07) is 12.6. The predicted molar refractivity (Wildman–Crippen MR) is 74.5 cm³/mol. The van der Waals surface area contributed by atoms with Crippen LogP contribution in [0, 0.1) is 0 Å². The zero-order valence-corrected chi connectivity index (χ0v) is 10.4. The summed E-state index contributed by atoms with van der Waals surface area (Å²) in [7, 11) is 0. The van der Waals surface area contributed by atoms with Crippen molar-refractivity contribution in [2.75, 3.05) is 0 Å². The van der Waals surface area contributed by atoms with Crippen molar-refractivity contribution in [3.05, 3.63) is 52.7 Å². The van der Waals surface area contributed by atoms with E-state index in [0.29, 0.717) is 21.9 Å². The number of halogens is 1. The van der Waals surface area contributed by atoms with Crippen LogP contribution in [-0.4, -0.2) is 0 Å². The lowest BCUT2D eigenvalue weighted by molar-refractivity contribution is 0.659. The Morgan fingerprint density at radius 2 is 1.65 bits per heavy atom. The second-order valence-corrected chi connectivity index (χ2v) is 4.12. The Kier molecular flexibility index (Phi) is 3.13. The highest BCUT2D eigenvalue weighted by atomic mass is 35.5. The quantitative estimate of drug-likeness (QED) is 0.496. The number of thiol groups is 1. The van der Waals surface area contributed by atoms with E-state index in [0.717, 1.165) is 4.90 Å². The van der Waals surface area contributed by atoms with Gasteiger partial charge in [0.05, 0.1) is 10.8 Å². The Bertz CT molecular complexity index is 749. The summed E-state index contributed by atoms with van der Waals surface area (Å²) in [6.07, 6.45) is 0. The molecule has 0 N–H and O–H groups in total. The minimum atomic E-state index is -0.00671. The molecule has 0 spiro atoms. The molecule has 1 heterocycles. The zero-order valence-electron chi connectivity index (χ0n) is 8.71. The second-order valence-electron chi connectivity index (χ2n) is 3.61. The van der Waals surface area contributed by atoms with Crippen molar-refractivity contribution in [2.24, 2.45) is 0 Å². The van der Waals surface area contributed by atoms with Gasteiger partial charge >= 0.3 is 0 Å². The fraction of sp³-hybridized carbons (Fsp3) is 0. The van der Waals surface area contributed by atoms with Gasteiger partial charge in [0.25, 0.3) is 0 Å². The van der Waals surface area contributed by atoms with Crippen molar-refractivity contribution in [1.82, 2.24) is 0 Å². The maximum Gasteiger partial charge on any atom is 0.200 e. The van der Waals surface area contributed by atoms with Gasteiger partial charge in [-0.25, -0.2) is 0 Å². The maximum absolute atomic E-state index is 12.1. The summed E-state index contributed by atoms with van der Waals surface area (Å²) in [5.74, 6) is 0. The third-order valence-electron chi connectivity index (χ3n) is 2.56. The van der Waals surface area contributed by atoms with Crippen molar-refractivity contribution in [3.8, 4) is 0 Å². The average Bonchev–Trinajstić information content (AvgIpc) is 2.31. The molecule has 0 fully saturated rings. The summed E-state index contributed by atoms with van der Waals surface area (Å²) in [4.78, 5) is 12.9. The topological polar surface area (TPSA) is 30.2 Å². The molecular weight excluding hydrogens is 256 g/mol. The van der Waals surface area contributed by atoms with E-state index in [2.05, 4.69) is 12.6 Å². The van der Waals surface area contributed by atoms with Crippen LogP contribution < -0.4 is 5.43 Å². The molecule has 0 bridgehead atoms. The van der Waals surface area contributed by atoms with Crippen LogP contribution in [-0.2, 0) is 0 Å². The Balaban J connectivity index is 0.00000108. The Morgan fingerprint density at radius 1 is 0.941 bits per heavy atom. The van der Waals surface area contributed by atoms with Gasteiger partial charge in [-0.3, -0.25) is 4.79 Å². The number of fused-ring (bicyclic) bond motifs is 2. The maximum atomic E-state index is 12.1. The van der Waals surface area contributed by atoms with E-state index in [1.54, 1.807) is 24.3 Å². The van der Waals surface area contributed by atoms with Gasteiger partial charge in [-0.2, -0.15) is 0 Å². The minimum absolute atomic E-state index is 0. The molecule has 86 valence electrons. The van der Waals surface area contributed by atoms with Gasteiger partial charge in [0, 0.05) is 4.90 Å². The number of hydrogen-bond donors (Lipinski definition) is 1. The standard InChI is InChI=1S/C13H8O2S.ClH/c14-13-9-3-1-2-4-11(9)15-12-6-5-8(16)7-10(12)13;/h1-7,16H;1H. The summed E-state index contributed by atoms with van der Waals surface area (Å²) >= 11 is 4.22. The number of rotatable bonds is 0. The molecule has 0 saturated carbocycles. The largest absolute Gasteiger partial charge is 0.456 e. The van der Waals surface area contributed by atoms with Gasteiger partial charge in [0.2, 0.25) is 5.43 Å². The minimum Gasteiger partial charge on any atom is -0.456 e. The van der Waals surface area contributed by atoms with Gasteiger partial charge in [0.15, 0.2) is 0 Å². The predicted octanol–water partition coefficient (Wildman–Crippen LogP) is 3.66. The normalized spacial score (nSPS) is 10.4. The van der Waals surface area contributed by atoms with Gasteiger partial charge in [-0.1, -0.05) is 12.1 Å². The molecule has 0 amide bonds. The zero-order chi connectivity index (χ0) is 11.1. The number of benzene rings is 2. The SMILES string of the molecule is Cl.O=c1c2ccccc2oc2ccc(S)cc12. The molecule has 1 aromatic heterocycles. The molecule has 3 rings (SSSR count). The summed E-state index contributed by atoms with van der Waals surface area (Å²) in [5.41, 5.74) is 1.21. The van der Waals surface area contributed by atoms with Crippen molar-refractivity contribution in [1.29, 1.82) is 0 Å². The van der Waals surface area contributed by atoms with E-state index < -0.39 is 0 Å². The molecule has 0 aliphatic carbocycles. The van der Waals surface area contributed by atoms with Crippen LogP contribution in [0.25, 0.3) is 21.9 Å². The van der Waals surface area contributed by atoms with Crippen molar-refractivity contribution >= 4 is 47.0 Å². The lowest BCUT2D eigenvalue weighted by Gasteiger charge is -2.01. The summed E-state index contributed by atoms with van der Waals surface area (Å²) in [5, 5.41) is 1.18. The molecule has 3 aromatic rings. The van der Waals surface area contributed by atoms with Crippen LogP contribution in [0.3, 0.4) is 0 Å². The fourth-order valence-electron chi connectivity index (χ4n) is 1.79. The molecule has 17 heavy (non-hydrogen) atoms. The molecule has 0 saturated heterocycles. The van der Waals surface area contributed by atoms with E-state index in [4.69, 9.17) is 4.42 Å². The van der Waals surface area contributed by atoms with Crippen LogP contribution >= 0.6 is 25.0 Å². The molecule has 0 radical (unpaired) electrons. The van der Waals surface area contributed by atoms with Crippen molar-refractivity contribution < 1.29 is 4.42 Å². The molecule has 0 aliphatic heterocycles. The summed E-state index contributed by atoms with van der Waals surface area (Å²) in [6.45, 7) is 0. The first-order chi connectivity index (χ1) is 7.75. The first kappa shape index (κ1) is 12.0. The van der Waals surface area contributed by atoms with E-state index in [1.165, 1.54) is 0 Å². The Labute approximate surface area is 109 Å². The van der Waals surface area contributed by atoms with E-state index in [-0.39, 0.29) is 17.8 Å². The third kappa shape index (κ3) is 1.92. The highest BCUT2D eigenvalue weighted by molar-refractivity contribution is 7.80. The smallest absolute Gasteiger partial charge is 0.200 e. The van der Waals surface area contributed by atoms with Crippen LogP contribution in [0.1, 0.15) is 0 Å². The molecule has 2 aromatic carbocycles. The first-order valence-corrected chi connectivity index (χ1v) is 5.35. The first-order valence-electron chi connectivity index (χ1n) is 4.90. The van der Waals surface area contributed by atoms with Crippen molar-refractivity contribution in [3.63, 3.8) is 0 Å². The van der Waals surface area contributed by atoms with E-state index in [1.807, 2.05) is 18.2 Å². The molecule has 2 nitrogen and oxygen atoms in total. The number of hydrogen-bond acceptors (Lipinski definition) is 3. The lowest BCUT2D eigenvalue weighted by atomic mass is 10.1.